The van der Waals surface area contributed by atoms with Gasteiger partial charge < -0.3 is 19.2 Å². The van der Waals surface area contributed by atoms with E-state index in [1.807, 2.05) is 12.1 Å². The number of methoxy groups -OCH3 is 2. The van der Waals surface area contributed by atoms with Crippen LogP contribution in [0.2, 0.25) is 0 Å². The van der Waals surface area contributed by atoms with E-state index in [1.165, 1.54) is 42.2 Å². The average molecular weight is 492 g/mol. The lowest BCUT2D eigenvalue weighted by Crippen LogP contribution is -2.45. The molecule has 1 atom stereocenters. The van der Waals surface area contributed by atoms with E-state index in [2.05, 4.69) is 15.6 Å². The van der Waals surface area contributed by atoms with Crippen LogP contribution < -0.4 is 10.2 Å². The number of ether oxygens (including phenoxy) is 2. The van der Waals surface area contributed by atoms with Gasteiger partial charge in [-0.3, -0.25) is 14.5 Å². The van der Waals surface area contributed by atoms with Crippen LogP contribution in [0.15, 0.2) is 71.3 Å². The zero-order valence-electron chi connectivity index (χ0n) is 19.8. The van der Waals surface area contributed by atoms with E-state index in [0.29, 0.717) is 28.9 Å². The Morgan fingerprint density at radius 1 is 1.06 bits per heavy atom. The second-order valence-corrected chi connectivity index (χ2v) is 7.74. The molecule has 0 aliphatic heterocycles. The van der Waals surface area contributed by atoms with Crippen LogP contribution in [0.25, 0.3) is 11.0 Å². The normalized spacial score (nSPS) is 11.7. The quantitative estimate of drug-likeness (QED) is 0.264. The monoisotopic (exact) mass is 491 g/mol. The molecule has 0 aliphatic carbocycles. The summed E-state index contributed by atoms with van der Waals surface area (Å²) in [7, 11) is 2.81. The number of esters is 1. The van der Waals surface area contributed by atoms with Gasteiger partial charge in [-0.05, 0) is 48.5 Å². The fraction of sp³-hybridized carbons (Fsp3) is 0.240. The summed E-state index contributed by atoms with van der Waals surface area (Å²) in [5, 5.41) is 11.0. The SMILES string of the molecule is COCCNC(=O)[C@@H](c1ccco1)N(C(=O)Cn1nnc2ccccc21)c1ccc(C(=O)OC)cc1. The Morgan fingerprint density at radius 3 is 2.53 bits per heavy atom. The molecule has 0 fully saturated rings. The molecule has 0 unspecified atom stereocenters. The Morgan fingerprint density at radius 2 is 1.83 bits per heavy atom. The average Bonchev–Trinajstić information content (AvgIpc) is 3.57. The number of carbonyl (C=O) groups is 3. The van der Waals surface area contributed by atoms with Crippen LogP contribution in [0.1, 0.15) is 22.2 Å². The smallest absolute Gasteiger partial charge is 0.337 e. The topological polar surface area (TPSA) is 129 Å². The van der Waals surface area contributed by atoms with Crippen LogP contribution in [-0.4, -0.2) is 60.1 Å². The predicted molar refractivity (Wildman–Crippen MR) is 129 cm³/mol. The molecule has 4 aromatic rings. The van der Waals surface area contributed by atoms with E-state index >= 15 is 0 Å². The molecule has 36 heavy (non-hydrogen) atoms. The van der Waals surface area contributed by atoms with Crippen LogP contribution in [-0.2, 0) is 25.6 Å². The molecule has 186 valence electrons. The highest BCUT2D eigenvalue weighted by molar-refractivity contribution is 6.01. The second kappa shape index (κ2) is 11.3. The van der Waals surface area contributed by atoms with Gasteiger partial charge in [0.05, 0.1) is 31.1 Å². The molecule has 1 N–H and O–H groups in total. The van der Waals surface area contributed by atoms with Crippen molar-refractivity contribution in [2.45, 2.75) is 12.6 Å². The van der Waals surface area contributed by atoms with Gasteiger partial charge in [-0.15, -0.1) is 5.10 Å². The minimum Gasteiger partial charge on any atom is -0.467 e. The molecule has 2 heterocycles. The van der Waals surface area contributed by atoms with E-state index in [0.717, 1.165) is 0 Å². The third kappa shape index (κ3) is 5.26. The molecule has 2 aromatic carbocycles. The maximum atomic E-state index is 13.8. The molecule has 0 saturated heterocycles. The summed E-state index contributed by atoms with van der Waals surface area (Å²) < 4.78 is 16.8. The molecule has 0 radical (unpaired) electrons. The summed E-state index contributed by atoms with van der Waals surface area (Å²) >= 11 is 0. The Labute approximate surface area is 206 Å². The number of fused-ring (bicyclic) bond motifs is 1. The lowest BCUT2D eigenvalue weighted by molar-refractivity contribution is -0.127. The first kappa shape index (κ1) is 24.6. The molecule has 2 amide bonds. The number of furan rings is 1. The first-order chi connectivity index (χ1) is 17.5. The summed E-state index contributed by atoms with van der Waals surface area (Å²) in [6.07, 6.45) is 1.43. The first-order valence-corrected chi connectivity index (χ1v) is 11.1. The Kier molecular flexibility index (Phi) is 7.71. The van der Waals surface area contributed by atoms with Gasteiger partial charge in [-0.1, -0.05) is 17.3 Å². The Hall–Kier alpha value is -4.51. The number of para-hydroxylation sites is 1. The van der Waals surface area contributed by atoms with Gasteiger partial charge in [-0.2, -0.15) is 0 Å². The molecular weight excluding hydrogens is 466 g/mol. The largest absolute Gasteiger partial charge is 0.467 e. The molecule has 0 saturated carbocycles. The van der Waals surface area contributed by atoms with E-state index < -0.39 is 23.8 Å². The molecule has 0 spiro atoms. The number of nitrogens with zero attached hydrogens (tertiary/aromatic N) is 4. The van der Waals surface area contributed by atoms with Crippen molar-refractivity contribution in [3.63, 3.8) is 0 Å². The highest BCUT2D eigenvalue weighted by atomic mass is 16.5. The molecule has 2 aromatic heterocycles. The van der Waals surface area contributed by atoms with Crippen LogP contribution >= 0.6 is 0 Å². The maximum Gasteiger partial charge on any atom is 0.337 e. The summed E-state index contributed by atoms with van der Waals surface area (Å²) in [5.41, 5.74) is 1.99. The zero-order chi connectivity index (χ0) is 25.5. The molecule has 0 bridgehead atoms. The number of aromatic nitrogens is 3. The van der Waals surface area contributed by atoms with Gasteiger partial charge in [0.15, 0.2) is 6.04 Å². The highest BCUT2D eigenvalue weighted by Gasteiger charge is 2.35. The predicted octanol–water partition coefficient (Wildman–Crippen LogP) is 2.35. The van der Waals surface area contributed by atoms with Gasteiger partial charge >= 0.3 is 5.97 Å². The van der Waals surface area contributed by atoms with Crippen molar-refractivity contribution in [1.82, 2.24) is 20.3 Å². The number of amides is 2. The lowest BCUT2D eigenvalue weighted by Gasteiger charge is -2.30. The zero-order valence-corrected chi connectivity index (χ0v) is 19.8. The summed E-state index contributed by atoms with van der Waals surface area (Å²) in [4.78, 5) is 40.4. The fourth-order valence-electron chi connectivity index (χ4n) is 3.74. The lowest BCUT2D eigenvalue weighted by atomic mass is 10.1. The van der Waals surface area contributed by atoms with Crippen molar-refractivity contribution >= 4 is 34.5 Å². The van der Waals surface area contributed by atoms with Crippen molar-refractivity contribution in [2.24, 2.45) is 0 Å². The summed E-state index contributed by atoms with van der Waals surface area (Å²) in [6.45, 7) is 0.342. The molecular formula is C25H25N5O6. The molecule has 11 heteroatoms. The maximum absolute atomic E-state index is 13.8. The third-order valence-corrected chi connectivity index (χ3v) is 5.47. The van der Waals surface area contributed by atoms with Crippen molar-refractivity contribution in [3.8, 4) is 0 Å². The summed E-state index contributed by atoms with van der Waals surface area (Å²) in [5.74, 6) is -1.16. The van der Waals surface area contributed by atoms with E-state index in [9.17, 15) is 14.4 Å². The van der Waals surface area contributed by atoms with Crippen molar-refractivity contribution in [2.75, 3.05) is 32.3 Å². The van der Waals surface area contributed by atoms with Crippen LogP contribution in [0.3, 0.4) is 0 Å². The van der Waals surface area contributed by atoms with E-state index in [1.54, 1.807) is 36.4 Å². The van der Waals surface area contributed by atoms with Crippen LogP contribution in [0.4, 0.5) is 5.69 Å². The molecule has 4 rings (SSSR count). The van der Waals surface area contributed by atoms with E-state index in [4.69, 9.17) is 13.9 Å². The third-order valence-electron chi connectivity index (χ3n) is 5.47. The number of rotatable bonds is 10. The van der Waals surface area contributed by atoms with Gasteiger partial charge in [0.1, 0.15) is 17.8 Å². The van der Waals surface area contributed by atoms with Gasteiger partial charge in [0.2, 0.25) is 5.91 Å². The minimum absolute atomic E-state index is 0.193. The second-order valence-electron chi connectivity index (χ2n) is 7.74. The summed E-state index contributed by atoms with van der Waals surface area (Å²) in [6, 6.07) is 15.6. The number of hydrogen-bond donors (Lipinski definition) is 1. The number of hydrogen-bond acceptors (Lipinski definition) is 8. The highest BCUT2D eigenvalue weighted by Crippen LogP contribution is 2.29. The number of anilines is 1. The minimum atomic E-state index is -1.14. The fourth-order valence-corrected chi connectivity index (χ4v) is 3.74. The van der Waals surface area contributed by atoms with Crippen molar-refractivity contribution in [1.29, 1.82) is 0 Å². The Bertz CT molecular complexity index is 1330. The molecule has 11 nitrogen and oxygen atoms in total. The van der Waals surface area contributed by atoms with Crippen molar-refractivity contribution < 1.29 is 28.3 Å². The van der Waals surface area contributed by atoms with Crippen LogP contribution in [0, 0.1) is 0 Å². The van der Waals surface area contributed by atoms with Crippen LogP contribution in [0.5, 0.6) is 0 Å². The first-order valence-electron chi connectivity index (χ1n) is 11.1. The van der Waals surface area contributed by atoms with Crippen molar-refractivity contribution in [3.05, 3.63) is 78.3 Å². The van der Waals surface area contributed by atoms with Gasteiger partial charge in [-0.25, -0.2) is 9.48 Å². The van der Waals surface area contributed by atoms with Gasteiger partial charge in [0.25, 0.3) is 5.91 Å². The van der Waals surface area contributed by atoms with Gasteiger partial charge in [0, 0.05) is 19.3 Å². The number of nitrogens with one attached hydrogen (secondary N) is 1. The Balaban J connectivity index is 1.74. The number of carbonyl (C=O) groups excluding carboxylic acids is 3. The number of benzene rings is 2. The molecule has 0 aliphatic rings. The standard InChI is InChI=1S/C25H25N5O6/c1-34-15-13-26-24(32)23(21-8-5-14-36-21)30(18-11-9-17(10-12-18)25(33)35-2)22(31)16-29-20-7-4-3-6-19(20)27-28-29/h3-12,14,23H,13,15-16H2,1-2H3,(H,26,32)/t23-/m1/s1. The van der Waals surface area contributed by atoms with E-state index in [-0.39, 0.29) is 18.8 Å².